The number of rotatable bonds is 5. The number of fused-ring (bicyclic) bond motifs is 1. The van der Waals surface area contributed by atoms with E-state index in [1.807, 2.05) is 13.0 Å². The van der Waals surface area contributed by atoms with Crippen molar-refractivity contribution in [1.82, 2.24) is 0 Å². The lowest BCUT2D eigenvalue weighted by Gasteiger charge is -2.21. The Hall–Kier alpha value is -2.89. The maximum Gasteiger partial charge on any atom is 0.203 e. The summed E-state index contributed by atoms with van der Waals surface area (Å²) in [6.45, 7) is 1.87. The third kappa shape index (κ3) is 2.53. The molecule has 138 valence electrons. The monoisotopic (exact) mass is 358 g/mol. The fraction of sp³-hybridized carbons (Fsp3) is 0.350. The van der Waals surface area contributed by atoms with Crippen molar-refractivity contribution in [2.24, 2.45) is 5.92 Å². The number of methoxy groups -OCH3 is 4. The van der Waals surface area contributed by atoms with Gasteiger partial charge in [0, 0.05) is 23.0 Å². The summed E-state index contributed by atoms with van der Waals surface area (Å²) in [7, 11) is 6.08. The Kier molecular flexibility index (Phi) is 4.68. The highest BCUT2D eigenvalue weighted by Crippen LogP contribution is 2.53. The molecule has 0 spiro atoms. The van der Waals surface area contributed by atoms with Gasteiger partial charge in [0.15, 0.2) is 28.8 Å². The normalized spacial score (nSPS) is 18.4. The average molecular weight is 358 g/mol. The summed E-state index contributed by atoms with van der Waals surface area (Å²) in [5.41, 5.74) is 2.09. The third-order valence-corrected chi connectivity index (χ3v) is 4.92. The summed E-state index contributed by atoms with van der Waals surface area (Å²) in [4.78, 5) is 12.9. The number of hydrogen-bond donors (Lipinski definition) is 1. The molecule has 0 saturated heterocycles. The maximum absolute atomic E-state index is 12.9. The molecule has 1 aliphatic rings. The van der Waals surface area contributed by atoms with E-state index in [0.29, 0.717) is 28.6 Å². The molecule has 1 aliphatic carbocycles. The molecule has 26 heavy (non-hydrogen) atoms. The van der Waals surface area contributed by atoms with Gasteiger partial charge in [-0.15, -0.1) is 0 Å². The fourth-order valence-electron chi connectivity index (χ4n) is 3.69. The van der Waals surface area contributed by atoms with E-state index in [4.69, 9.17) is 18.9 Å². The zero-order valence-corrected chi connectivity index (χ0v) is 15.5. The molecule has 6 heteroatoms. The Morgan fingerprint density at radius 2 is 1.54 bits per heavy atom. The van der Waals surface area contributed by atoms with Crippen LogP contribution in [0, 0.1) is 5.92 Å². The van der Waals surface area contributed by atoms with Crippen molar-refractivity contribution < 1.29 is 28.8 Å². The Bertz CT molecular complexity index is 858. The molecule has 2 aromatic carbocycles. The summed E-state index contributed by atoms with van der Waals surface area (Å²) >= 11 is 0. The van der Waals surface area contributed by atoms with Crippen molar-refractivity contribution in [3.05, 3.63) is 41.0 Å². The van der Waals surface area contributed by atoms with E-state index in [-0.39, 0.29) is 23.4 Å². The van der Waals surface area contributed by atoms with Crippen LogP contribution in [0.4, 0.5) is 0 Å². The van der Waals surface area contributed by atoms with Crippen LogP contribution in [-0.2, 0) is 0 Å². The van der Waals surface area contributed by atoms with Gasteiger partial charge in [-0.05, 0) is 23.8 Å². The van der Waals surface area contributed by atoms with Gasteiger partial charge < -0.3 is 24.1 Å². The first kappa shape index (κ1) is 17.9. The molecule has 2 atom stereocenters. The zero-order valence-electron chi connectivity index (χ0n) is 15.5. The highest BCUT2D eigenvalue weighted by atomic mass is 16.5. The van der Waals surface area contributed by atoms with Gasteiger partial charge >= 0.3 is 0 Å². The first-order valence-corrected chi connectivity index (χ1v) is 8.22. The van der Waals surface area contributed by atoms with Gasteiger partial charge in [0.25, 0.3) is 0 Å². The molecule has 0 fully saturated rings. The SMILES string of the molecule is COc1ccc(C2c3c(cc(OC)c(OC)c3OC)C(=O)C2C)cc1O. The Balaban J connectivity index is 2.26. The molecule has 0 aromatic heterocycles. The minimum Gasteiger partial charge on any atom is -0.504 e. The van der Waals surface area contributed by atoms with Crippen LogP contribution in [-0.4, -0.2) is 39.3 Å². The molecule has 3 rings (SSSR count). The second-order valence-corrected chi connectivity index (χ2v) is 6.17. The Labute approximate surface area is 152 Å². The van der Waals surface area contributed by atoms with Crippen LogP contribution in [0.1, 0.15) is 34.3 Å². The summed E-state index contributed by atoms with van der Waals surface area (Å²) in [5.74, 6) is 1.18. The largest absolute Gasteiger partial charge is 0.504 e. The van der Waals surface area contributed by atoms with Crippen molar-refractivity contribution in [2.45, 2.75) is 12.8 Å². The van der Waals surface area contributed by atoms with Crippen LogP contribution in [0.3, 0.4) is 0 Å². The van der Waals surface area contributed by atoms with Crippen LogP contribution in [0.2, 0.25) is 0 Å². The first-order valence-electron chi connectivity index (χ1n) is 8.22. The minimum absolute atomic E-state index is 0.000407. The van der Waals surface area contributed by atoms with Crippen molar-refractivity contribution in [3.8, 4) is 28.7 Å². The molecule has 1 N–H and O–H groups in total. The molecule has 0 heterocycles. The lowest BCUT2D eigenvalue weighted by molar-refractivity contribution is 0.0939. The fourth-order valence-corrected chi connectivity index (χ4v) is 3.69. The third-order valence-electron chi connectivity index (χ3n) is 4.92. The second-order valence-electron chi connectivity index (χ2n) is 6.17. The summed E-state index contributed by atoms with van der Waals surface area (Å²) in [5, 5.41) is 10.2. The molecule has 0 aliphatic heterocycles. The average Bonchev–Trinajstić information content (AvgIpc) is 2.90. The van der Waals surface area contributed by atoms with Crippen molar-refractivity contribution in [3.63, 3.8) is 0 Å². The van der Waals surface area contributed by atoms with Crippen LogP contribution < -0.4 is 18.9 Å². The molecular formula is C20H22O6. The van der Waals surface area contributed by atoms with E-state index >= 15 is 0 Å². The summed E-state index contributed by atoms with van der Waals surface area (Å²) in [6.07, 6.45) is 0. The van der Waals surface area contributed by atoms with Crippen LogP contribution in [0.15, 0.2) is 24.3 Å². The van der Waals surface area contributed by atoms with Crippen molar-refractivity contribution >= 4 is 5.78 Å². The van der Waals surface area contributed by atoms with E-state index in [9.17, 15) is 9.90 Å². The van der Waals surface area contributed by atoms with E-state index in [1.165, 1.54) is 28.4 Å². The number of aromatic hydroxyl groups is 1. The van der Waals surface area contributed by atoms with E-state index in [2.05, 4.69) is 0 Å². The van der Waals surface area contributed by atoms with Gasteiger partial charge in [-0.1, -0.05) is 13.0 Å². The molecule has 0 bridgehead atoms. The Morgan fingerprint density at radius 3 is 2.08 bits per heavy atom. The van der Waals surface area contributed by atoms with Gasteiger partial charge in [0.1, 0.15) is 0 Å². The van der Waals surface area contributed by atoms with E-state index < -0.39 is 0 Å². The van der Waals surface area contributed by atoms with Gasteiger partial charge in [0.05, 0.1) is 28.4 Å². The number of benzene rings is 2. The van der Waals surface area contributed by atoms with Crippen molar-refractivity contribution in [1.29, 1.82) is 0 Å². The van der Waals surface area contributed by atoms with Gasteiger partial charge in [-0.25, -0.2) is 0 Å². The number of ether oxygens (including phenoxy) is 4. The molecule has 0 amide bonds. The summed E-state index contributed by atoms with van der Waals surface area (Å²) < 4.78 is 21.5. The van der Waals surface area contributed by atoms with Crippen LogP contribution in [0.25, 0.3) is 0 Å². The topological polar surface area (TPSA) is 74.2 Å². The number of ketones is 1. The standard InChI is InChI=1S/C20H22O6/c1-10-16(11-6-7-14(23-2)13(21)8-11)17-12(18(10)22)9-15(24-3)19(25-4)20(17)26-5/h6-10,16,21H,1-5H3. The van der Waals surface area contributed by atoms with Crippen LogP contribution in [0.5, 0.6) is 28.7 Å². The number of hydrogen-bond acceptors (Lipinski definition) is 6. The van der Waals surface area contributed by atoms with Crippen molar-refractivity contribution in [2.75, 3.05) is 28.4 Å². The van der Waals surface area contributed by atoms with Gasteiger partial charge in [-0.2, -0.15) is 0 Å². The van der Waals surface area contributed by atoms with E-state index in [1.54, 1.807) is 18.2 Å². The van der Waals surface area contributed by atoms with Crippen LogP contribution >= 0.6 is 0 Å². The van der Waals surface area contributed by atoms with Gasteiger partial charge in [0.2, 0.25) is 5.75 Å². The highest BCUT2D eigenvalue weighted by molar-refractivity contribution is 6.05. The molecule has 6 nitrogen and oxygen atoms in total. The zero-order chi connectivity index (χ0) is 19.0. The number of carbonyl (C=O) groups excluding carboxylic acids is 1. The Morgan fingerprint density at radius 1 is 0.885 bits per heavy atom. The smallest absolute Gasteiger partial charge is 0.203 e. The predicted octanol–water partition coefficient (Wildman–Crippen LogP) is 3.39. The number of phenols is 1. The lowest BCUT2D eigenvalue weighted by atomic mass is 9.86. The summed E-state index contributed by atoms with van der Waals surface area (Å²) in [6, 6.07) is 6.85. The highest BCUT2D eigenvalue weighted by Gasteiger charge is 2.42. The quantitative estimate of drug-likeness (QED) is 0.883. The molecule has 2 aromatic rings. The number of phenolic OH excluding ortho intramolecular Hbond substituents is 1. The second kappa shape index (κ2) is 6.78. The lowest BCUT2D eigenvalue weighted by Crippen LogP contribution is -2.11. The number of carbonyl (C=O) groups is 1. The first-order chi connectivity index (χ1) is 12.5. The molecule has 0 saturated carbocycles. The van der Waals surface area contributed by atoms with Gasteiger partial charge in [-0.3, -0.25) is 4.79 Å². The van der Waals surface area contributed by atoms with E-state index in [0.717, 1.165) is 11.1 Å². The maximum atomic E-state index is 12.9. The predicted molar refractivity (Wildman–Crippen MR) is 96.1 cm³/mol. The molecular weight excluding hydrogens is 336 g/mol. The molecule has 2 unspecified atom stereocenters. The number of Topliss-reactive ketones (excluding diaryl/α,β-unsaturated/α-hetero) is 1. The molecule has 0 radical (unpaired) electrons. The minimum atomic E-state index is -0.316.